The Labute approximate surface area is 99.3 Å². The van der Waals surface area contributed by atoms with Crippen molar-refractivity contribution in [1.29, 1.82) is 0 Å². The second-order valence-electron chi connectivity index (χ2n) is 3.85. The minimum Gasteiger partial charge on any atom is -0.306 e. The third-order valence-electron chi connectivity index (χ3n) is 2.37. The molecule has 0 unspecified atom stereocenters. The van der Waals surface area contributed by atoms with E-state index in [1.54, 1.807) is 11.3 Å². The highest BCUT2D eigenvalue weighted by molar-refractivity contribution is 7.11. The summed E-state index contributed by atoms with van der Waals surface area (Å²) in [4.78, 5) is 5.50. The Hall–Kier alpha value is -1.20. The van der Waals surface area contributed by atoms with Crippen LogP contribution in [0.3, 0.4) is 0 Å². The number of nitrogens with zero attached hydrogens (tertiary/aromatic N) is 3. The van der Waals surface area contributed by atoms with E-state index in [1.165, 1.54) is 10.6 Å². The van der Waals surface area contributed by atoms with Crippen molar-refractivity contribution in [2.75, 3.05) is 0 Å². The molecular formula is C11H16N4S. The number of hydrogen-bond donors (Lipinski definition) is 1. The van der Waals surface area contributed by atoms with E-state index in [0.717, 1.165) is 23.8 Å². The highest BCUT2D eigenvalue weighted by Gasteiger charge is 2.02. The molecule has 2 rings (SSSR count). The maximum absolute atomic E-state index is 4.31. The van der Waals surface area contributed by atoms with Gasteiger partial charge in [0.05, 0.1) is 16.4 Å². The largest absolute Gasteiger partial charge is 0.306 e. The van der Waals surface area contributed by atoms with Crippen molar-refractivity contribution in [3.05, 3.63) is 33.5 Å². The molecule has 86 valence electrons. The van der Waals surface area contributed by atoms with Crippen LogP contribution in [0.25, 0.3) is 0 Å². The Morgan fingerprint density at radius 3 is 2.75 bits per heavy atom. The number of thiazole rings is 1. The Morgan fingerprint density at radius 2 is 2.19 bits per heavy atom. The van der Waals surface area contributed by atoms with E-state index < -0.39 is 0 Å². The van der Waals surface area contributed by atoms with Crippen LogP contribution in [0.15, 0.2) is 12.3 Å². The van der Waals surface area contributed by atoms with E-state index in [-0.39, 0.29) is 0 Å². The van der Waals surface area contributed by atoms with Crippen molar-refractivity contribution in [3.8, 4) is 0 Å². The average molecular weight is 236 g/mol. The zero-order chi connectivity index (χ0) is 11.5. The molecule has 0 aliphatic heterocycles. The lowest BCUT2D eigenvalue weighted by molar-refractivity contribution is 0.627. The van der Waals surface area contributed by atoms with Crippen molar-refractivity contribution in [3.63, 3.8) is 0 Å². The van der Waals surface area contributed by atoms with Crippen LogP contribution in [0.4, 0.5) is 0 Å². The summed E-state index contributed by atoms with van der Waals surface area (Å²) in [7, 11) is 1.97. The Morgan fingerprint density at radius 1 is 1.38 bits per heavy atom. The molecule has 0 fully saturated rings. The molecule has 0 saturated heterocycles. The van der Waals surface area contributed by atoms with Gasteiger partial charge < -0.3 is 5.32 Å². The SMILES string of the molecule is Cc1cc(CNCc2cnc(C)s2)n(C)n1. The van der Waals surface area contributed by atoms with Crippen LogP contribution in [-0.2, 0) is 20.1 Å². The van der Waals surface area contributed by atoms with Crippen LogP contribution >= 0.6 is 11.3 Å². The Kier molecular flexibility index (Phi) is 3.36. The maximum atomic E-state index is 4.31. The van der Waals surface area contributed by atoms with Crippen molar-refractivity contribution in [1.82, 2.24) is 20.1 Å². The third-order valence-corrected chi connectivity index (χ3v) is 3.29. The molecule has 5 heteroatoms. The van der Waals surface area contributed by atoms with Gasteiger partial charge in [-0.1, -0.05) is 0 Å². The summed E-state index contributed by atoms with van der Waals surface area (Å²) < 4.78 is 1.92. The van der Waals surface area contributed by atoms with E-state index in [1.807, 2.05) is 31.8 Å². The lowest BCUT2D eigenvalue weighted by Gasteiger charge is -2.02. The predicted octanol–water partition coefficient (Wildman–Crippen LogP) is 1.78. The fraction of sp³-hybridized carbons (Fsp3) is 0.455. The van der Waals surface area contributed by atoms with Gasteiger partial charge in [0.25, 0.3) is 0 Å². The summed E-state index contributed by atoms with van der Waals surface area (Å²) in [6.45, 7) is 5.75. The van der Waals surface area contributed by atoms with Crippen LogP contribution in [0.2, 0.25) is 0 Å². The van der Waals surface area contributed by atoms with Crippen LogP contribution in [0, 0.1) is 13.8 Å². The topological polar surface area (TPSA) is 42.7 Å². The van der Waals surface area contributed by atoms with Gasteiger partial charge >= 0.3 is 0 Å². The smallest absolute Gasteiger partial charge is 0.0897 e. The lowest BCUT2D eigenvalue weighted by Crippen LogP contribution is -2.14. The first-order chi connectivity index (χ1) is 7.65. The minimum atomic E-state index is 0.842. The van der Waals surface area contributed by atoms with Crippen LogP contribution in [0.1, 0.15) is 21.3 Å². The first kappa shape index (κ1) is 11.3. The van der Waals surface area contributed by atoms with Crippen LogP contribution < -0.4 is 5.32 Å². The summed E-state index contributed by atoms with van der Waals surface area (Å²) in [5, 5.41) is 8.82. The molecule has 0 spiro atoms. The second-order valence-corrected chi connectivity index (χ2v) is 5.17. The predicted molar refractivity (Wildman–Crippen MR) is 65.3 cm³/mol. The van der Waals surface area contributed by atoms with Gasteiger partial charge in [-0.05, 0) is 19.9 Å². The van der Waals surface area contributed by atoms with Gasteiger partial charge in [-0.25, -0.2) is 4.98 Å². The molecular weight excluding hydrogens is 220 g/mol. The van der Waals surface area contributed by atoms with Gasteiger partial charge in [-0.3, -0.25) is 4.68 Å². The van der Waals surface area contributed by atoms with E-state index in [2.05, 4.69) is 21.5 Å². The second kappa shape index (κ2) is 4.76. The number of hydrogen-bond acceptors (Lipinski definition) is 4. The molecule has 4 nitrogen and oxygen atoms in total. The first-order valence-electron chi connectivity index (χ1n) is 5.26. The highest BCUT2D eigenvalue weighted by atomic mass is 32.1. The average Bonchev–Trinajstić information content (AvgIpc) is 2.74. The van der Waals surface area contributed by atoms with Gasteiger partial charge in [-0.2, -0.15) is 5.10 Å². The summed E-state index contributed by atoms with van der Waals surface area (Å²) in [6.07, 6.45) is 1.93. The molecule has 0 saturated carbocycles. The maximum Gasteiger partial charge on any atom is 0.0897 e. The van der Waals surface area contributed by atoms with E-state index in [9.17, 15) is 0 Å². The van der Waals surface area contributed by atoms with Crippen molar-refractivity contribution >= 4 is 11.3 Å². The Bertz CT molecular complexity index is 472. The molecule has 0 aliphatic carbocycles. The van der Waals surface area contributed by atoms with Crippen LogP contribution in [0.5, 0.6) is 0 Å². The molecule has 1 N–H and O–H groups in total. The first-order valence-corrected chi connectivity index (χ1v) is 6.08. The fourth-order valence-corrected chi connectivity index (χ4v) is 2.39. The molecule has 2 aromatic rings. The van der Waals surface area contributed by atoms with Crippen LogP contribution in [-0.4, -0.2) is 14.8 Å². The van der Waals surface area contributed by atoms with Gasteiger partial charge in [0, 0.05) is 31.2 Å². The zero-order valence-corrected chi connectivity index (χ0v) is 10.6. The summed E-state index contributed by atoms with van der Waals surface area (Å²) in [5.41, 5.74) is 2.27. The van der Waals surface area contributed by atoms with Gasteiger partial charge in [-0.15, -0.1) is 11.3 Å². The van der Waals surface area contributed by atoms with Gasteiger partial charge in [0.2, 0.25) is 0 Å². The normalized spacial score (nSPS) is 10.9. The van der Waals surface area contributed by atoms with Crippen molar-refractivity contribution < 1.29 is 0 Å². The highest BCUT2D eigenvalue weighted by Crippen LogP contribution is 2.11. The molecule has 0 amide bonds. The van der Waals surface area contributed by atoms with Gasteiger partial charge in [0.15, 0.2) is 0 Å². The van der Waals surface area contributed by atoms with E-state index in [4.69, 9.17) is 0 Å². The number of aryl methyl sites for hydroxylation is 3. The summed E-state index contributed by atoms with van der Waals surface area (Å²) in [6, 6.07) is 2.10. The monoisotopic (exact) mass is 236 g/mol. The molecule has 0 aliphatic rings. The molecule has 2 aromatic heterocycles. The van der Waals surface area contributed by atoms with Crippen molar-refractivity contribution in [2.24, 2.45) is 7.05 Å². The molecule has 0 bridgehead atoms. The van der Waals surface area contributed by atoms with Crippen molar-refractivity contribution in [2.45, 2.75) is 26.9 Å². The number of aromatic nitrogens is 3. The summed E-state index contributed by atoms with van der Waals surface area (Å²) >= 11 is 1.74. The molecule has 0 aromatic carbocycles. The number of nitrogens with one attached hydrogen (secondary N) is 1. The molecule has 0 atom stereocenters. The lowest BCUT2D eigenvalue weighted by atomic mass is 10.3. The third kappa shape index (κ3) is 2.68. The minimum absolute atomic E-state index is 0.842. The quantitative estimate of drug-likeness (QED) is 0.880. The zero-order valence-electron chi connectivity index (χ0n) is 9.82. The molecule has 0 radical (unpaired) electrons. The van der Waals surface area contributed by atoms with E-state index in [0.29, 0.717) is 0 Å². The Balaban J connectivity index is 1.86. The van der Waals surface area contributed by atoms with E-state index >= 15 is 0 Å². The summed E-state index contributed by atoms with van der Waals surface area (Å²) in [5.74, 6) is 0. The fourth-order valence-electron chi connectivity index (χ4n) is 1.63. The number of rotatable bonds is 4. The van der Waals surface area contributed by atoms with Gasteiger partial charge in [0.1, 0.15) is 0 Å². The standard InChI is InChI=1S/C11H16N4S/c1-8-4-10(15(3)14-8)5-12-6-11-7-13-9(2)16-11/h4,7,12H,5-6H2,1-3H3. The molecule has 16 heavy (non-hydrogen) atoms. The molecule has 2 heterocycles.